The minimum Gasteiger partial charge on any atom is -0.378 e. The van der Waals surface area contributed by atoms with E-state index in [4.69, 9.17) is 0 Å². The van der Waals surface area contributed by atoms with Crippen LogP contribution in [0.15, 0.2) is 66.7 Å². The smallest absolute Gasteiger partial charge is 0.272 e. The van der Waals surface area contributed by atoms with Crippen LogP contribution >= 0.6 is 0 Å². The lowest BCUT2D eigenvalue weighted by molar-refractivity contribution is -0.385. The number of benzene rings is 3. The Morgan fingerprint density at radius 3 is 2.81 bits per heavy atom. The Hall–Kier alpha value is -3.14. The van der Waals surface area contributed by atoms with Gasteiger partial charge in [0.25, 0.3) is 5.69 Å². The van der Waals surface area contributed by atoms with Gasteiger partial charge in [-0.05, 0) is 47.2 Å². The average molecular weight is 356 g/mol. The number of nitro groups is 1. The second kappa shape index (κ2) is 5.95. The maximum absolute atomic E-state index is 11.4. The van der Waals surface area contributed by atoms with Crippen LogP contribution in [-0.2, 0) is 0 Å². The van der Waals surface area contributed by atoms with Gasteiger partial charge in [-0.3, -0.25) is 10.1 Å². The van der Waals surface area contributed by atoms with Crippen LogP contribution in [0.25, 0.3) is 10.8 Å². The highest BCUT2D eigenvalue weighted by Gasteiger charge is 2.39. The van der Waals surface area contributed by atoms with E-state index in [2.05, 4.69) is 53.9 Å². The van der Waals surface area contributed by atoms with Crippen molar-refractivity contribution in [2.24, 2.45) is 5.92 Å². The van der Waals surface area contributed by atoms with Gasteiger partial charge in [-0.2, -0.15) is 0 Å². The Labute approximate surface area is 157 Å². The summed E-state index contributed by atoms with van der Waals surface area (Å²) in [6.45, 7) is 1.79. The maximum Gasteiger partial charge on any atom is 0.272 e. The molecule has 3 aromatic carbocycles. The molecule has 134 valence electrons. The van der Waals surface area contributed by atoms with Crippen LogP contribution in [0.4, 0.5) is 11.4 Å². The molecule has 3 unspecified atom stereocenters. The molecular weight excluding hydrogens is 336 g/mol. The summed E-state index contributed by atoms with van der Waals surface area (Å²) in [6.07, 6.45) is 5.54. The lowest BCUT2D eigenvalue weighted by Crippen LogP contribution is -2.29. The van der Waals surface area contributed by atoms with Gasteiger partial charge in [0.2, 0.25) is 0 Å². The molecule has 2 aliphatic rings. The highest BCUT2D eigenvalue weighted by Crippen LogP contribution is 2.52. The van der Waals surface area contributed by atoms with Crippen LogP contribution in [0.1, 0.15) is 35.1 Å². The Morgan fingerprint density at radius 2 is 1.96 bits per heavy atom. The van der Waals surface area contributed by atoms with Crippen LogP contribution in [0.5, 0.6) is 0 Å². The molecule has 4 nitrogen and oxygen atoms in total. The van der Waals surface area contributed by atoms with Gasteiger partial charge in [0, 0.05) is 23.2 Å². The number of fused-ring (bicyclic) bond motifs is 5. The van der Waals surface area contributed by atoms with E-state index in [1.807, 2.05) is 12.1 Å². The highest BCUT2D eigenvalue weighted by molar-refractivity contribution is 5.91. The minimum absolute atomic E-state index is 0.0676. The number of nitro benzene ring substituents is 1. The Bertz CT molecular complexity index is 1100. The van der Waals surface area contributed by atoms with E-state index in [-0.39, 0.29) is 16.7 Å². The molecule has 27 heavy (non-hydrogen) atoms. The predicted molar refractivity (Wildman–Crippen MR) is 108 cm³/mol. The van der Waals surface area contributed by atoms with Gasteiger partial charge in [0.05, 0.1) is 11.0 Å². The zero-order valence-electron chi connectivity index (χ0n) is 15.1. The van der Waals surface area contributed by atoms with Gasteiger partial charge in [0.1, 0.15) is 0 Å². The van der Waals surface area contributed by atoms with E-state index in [9.17, 15) is 10.1 Å². The van der Waals surface area contributed by atoms with Gasteiger partial charge in [-0.25, -0.2) is 0 Å². The minimum atomic E-state index is -0.284. The monoisotopic (exact) mass is 356 g/mol. The van der Waals surface area contributed by atoms with Gasteiger partial charge in [-0.15, -0.1) is 0 Å². The van der Waals surface area contributed by atoms with Crippen molar-refractivity contribution in [3.63, 3.8) is 0 Å². The predicted octanol–water partition coefficient (Wildman–Crippen LogP) is 5.88. The number of anilines is 1. The lowest BCUT2D eigenvalue weighted by atomic mass is 9.75. The molecule has 1 heterocycles. The van der Waals surface area contributed by atoms with Crippen LogP contribution < -0.4 is 5.32 Å². The first kappa shape index (κ1) is 16.1. The first-order valence-corrected chi connectivity index (χ1v) is 9.33. The summed E-state index contributed by atoms with van der Waals surface area (Å²) in [6, 6.07) is 18.5. The maximum atomic E-state index is 11.4. The summed E-state index contributed by atoms with van der Waals surface area (Å²) in [5.41, 5.74) is 4.37. The van der Waals surface area contributed by atoms with E-state index in [0.717, 1.165) is 17.7 Å². The fourth-order valence-electron chi connectivity index (χ4n) is 4.73. The molecule has 0 spiro atoms. The molecule has 0 saturated heterocycles. The molecule has 0 saturated carbocycles. The number of hydrogen-bond donors (Lipinski definition) is 1. The zero-order chi connectivity index (χ0) is 18.5. The fraction of sp³-hybridized carbons (Fsp3) is 0.217. The second-order valence-electron chi connectivity index (χ2n) is 7.53. The molecule has 0 amide bonds. The number of allylic oxidation sites excluding steroid dienone is 2. The van der Waals surface area contributed by atoms with Crippen molar-refractivity contribution in [3.8, 4) is 0 Å². The van der Waals surface area contributed by atoms with Gasteiger partial charge in [-0.1, -0.05) is 54.6 Å². The average Bonchev–Trinajstić information content (AvgIpc) is 3.17. The summed E-state index contributed by atoms with van der Waals surface area (Å²) in [7, 11) is 0. The van der Waals surface area contributed by atoms with Crippen LogP contribution in [0, 0.1) is 23.0 Å². The van der Waals surface area contributed by atoms with Gasteiger partial charge >= 0.3 is 0 Å². The summed E-state index contributed by atoms with van der Waals surface area (Å²) >= 11 is 0. The molecule has 0 radical (unpaired) electrons. The highest BCUT2D eigenvalue weighted by atomic mass is 16.6. The quantitative estimate of drug-likeness (QED) is 0.354. The summed E-state index contributed by atoms with van der Waals surface area (Å²) in [5, 5.41) is 17.6. The van der Waals surface area contributed by atoms with Crippen molar-refractivity contribution in [1.29, 1.82) is 0 Å². The van der Waals surface area contributed by atoms with E-state index in [1.165, 1.54) is 16.3 Å². The number of nitrogens with zero attached hydrogens (tertiary/aromatic N) is 1. The van der Waals surface area contributed by atoms with Crippen LogP contribution in [0.2, 0.25) is 0 Å². The zero-order valence-corrected chi connectivity index (χ0v) is 15.1. The van der Waals surface area contributed by atoms with Crippen molar-refractivity contribution >= 4 is 22.1 Å². The molecule has 3 aromatic rings. The largest absolute Gasteiger partial charge is 0.378 e. The number of nitrogens with one attached hydrogen (secondary N) is 1. The van der Waals surface area contributed by atoms with Crippen molar-refractivity contribution in [3.05, 3.63) is 93.6 Å². The molecule has 3 atom stereocenters. The molecule has 1 aliphatic carbocycles. The number of aryl methyl sites for hydroxylation is 1. The molecule has 4 heteroatoms. The van der Waals surface area contributed by atoms with E-state index < -0.39 is 0 Å². The van der Waals surface area contributed by atoms with Crippen molar-refractivity contribution in [2.45, 2.75) is 25.3 Å². The van der Waals surface area contributed by atoms with Gasteiger partial charge in [0.15, 0.2) is 0 Å². The molecular formula is C23H20N2O2. The summed E-state index contributed by atoms with van der Waals surface area (Å²) < 4.78 is 0. The van der Waals surface area contributed by atoms with Crippen molar-refractivity contribution in [2.75, 3.05) is 5.32 Å². The third-order valence-electron chi connectivity index (χ3n) is 6.05. The number of rotatable bonds is 2. The topological polar surface area (TPSA) is 55.2 Å². The normalized spacial score (nSPS) is 22.9. The molecule has 5 rings (SSSR count). The second-order valence-corrected chi connectivity index (χ2v) is 7.53. The SMILES string of the molecule is Cc1ccc(C2Nc3ccc4ccccc4c3C3C=CCC32)cc1[N+](=O)[O-]. The Kier molecular flexibility index (Phi) is 3.54. The summed E-state index contributed by atoms with van der Waals surface area (Å²) in [4.78, 5) is 11.1. The van der Waals surface area contributed by atoms with Crippen molar-refractivity contribution < 1.29 is 4.92 Å². The number of hydrogen-bond acceptors (Lipinski definition) is 3. The molecule has 0 aromatic heterocycles. The third-order valence-corrected chi connectivity index (χ3v) is 6.05. The van der Waals surface area contributed by atoms with Crippen molar-refractivity contribution in [1.82, 2.24) is 0 Å². The lowest BCUT2D eigenvalue weighted by Gasteiger charge is -2.38. The first-order chi connectivity index (χ1) is 13.1. The Morgan fingerprint density at radius 1 is 1.11 bits per heavy atom. The van der Waals surface area contributed by atoms with Crippen LogP contribution in [-0.4, -0.2) is 4.92 Å². The molecule has 0 fully saturated rings. The fourth-order valence-corrected chi connectivity index (χ4v) is 4.73. The molecule has 1 N–H and O–H groups in total. The standard InChI is InChI=1S/C23H20N2O2/c1-14-9-10-16(13-21(14)25(26)27)23-19-8-4-7-18(19)22-17-6-3-2-5-15(17)11-12-20(22)24-23/h2-7,9-13,18-19,23-24H,8H2,1H3. The van der Waals surface area contributed by atoms with E-state index in [1.54, 1.807) is 13.0 Å². The van der Waals surface area contributed by atoms with E-state index in [0.29, 0.717) is 17.4 Å². The summed E-state index contributed by atoms with van der Waals surface area (Å²) in [5.74, 6) is 0.698. The Balaban J connectivity index is 1.65. The van der Waals surface area contributed by atoms with Gasteiger partial charge < -0.3 is 5.32 Å². The molecule has 1 aliphatic heterocycles. The van der Waals surface area contributed by atoms with Crippen LogP contribution in [0.3, 0.4) is 0 Å². The molecule has 0 bridgehead atoms. The third kappa shape index (κ3) is 2.44. The first-order valence-electron chi connectivity index (χ1n) is 9.33. The van der Waals surface area contributed by atoms with E-state index >= 15 is 0 Å².